The first-order valence-electron chi connectivity index (χ1n) is 11.2. The van der Waals surface area contributed by atoms with Gasteiger partial charge in [0, 0.05) is 31.7 Å². The summed E-state index contributed by atoms with van der Waals surface area (Å²) in [6, 6.07) is 6.61. The lowest BCUT2D eigenvalue weighted by Gasteiger charge is -2.41. The van der Waals surface area contributed by atoms with Gasteiger partial charge in [0.25, 0.3) is 5.91 Å². The van der Waals surface area contributed by atoms with Crippen LogP contribution in [0.1, 0.15) is 62.7 Å². The molecule has 4 atom stereocenters. The Balaban J connectivity index is 1.45. The van der Waals surface area contributed by atoms with Crippen molar-refractivity contribution in [2.75, 3.05) is 26.2 Å². The zero-order valence-corrected chi connectivity index (χ0v) is 18.5. The molecule has 0 spiro atoms. The first-order valence-corrected chi connectivity index (χ1v) is 12.7. The standard InChI is InChI=1S/C23H34N2O3S/c1-17-13-18(2)15-25(14-17)29(27,28)22-9-7-20(8-10-22)23(26)24-12-11-19-5-3-4-6-21(19)16-24/h7-10,17-19,21H,3-6,11-16H2,1-2H3/t17-,18-,19+,21-/m1/s1. The number of likely N-dealkylation sites (tertiary alicyclic amines) is 1. The summed E-state index contributed by atoms with van der Waals surface area (Å²) in [7, 11) is -3.50. The van der Waals surface area contributed by atoms with Crippen LogP contribution in [0, 0.1) is 23.7 Å². The van der Waals surface area contributed by atoms with Crippen LogP contribution in [0.4, 0.5) is 0 Å². The molecule has 0 unspecified atom stereocenters. The highest BCUT2D eigenvalue weighted by Crippen LogP contribution is 2.36. The second-order valence-electron chi connectivity index (χ2n) is 9.64. The Bertz CT molecular complexity index is 826. The van der Waals surface area contributed by atoms with Crippen LogP contribution in [0.15, 0.2) is 29.2 Å². The molecule has 2 heterocycles. The predicted octanol–water partition coefficient (Wildman–Crippen LogP) is 4.01. The average Bonchev–Trinajstić information content (AvgIpc) is 2.72. The van der Waals surface area contributed by atoms with E-state index in [-0.39, 0.29) is 5.91 Å². The predicted molar refractivity (Wildman–Crippen MR) is 114 cm³/mol. The van der Waals surface area contributed by atoms with Crippen molar-refractivity contribution in [3.8, 4) is 0 Å². The molecular formula is C23H34N2O3S. The average molecular weight is 419 g/mol. The van der Waals surface area contributed by atoms with Gasteiger partial charge in [-0.1, -0.05) is 33.1 Å². The molecule has 0 bridgehead atoms. The van der Waals surface area contributed by atoms with E-state index in [1.54, 1.807) is 28.6 Å². The SMILES string of the molecule is C[C@@H]1C[C@@H](C)CN(S(=O)(=O)c2ccc(C(=O)N3CC[C@@H]4CCCC[C@@H]4C3)cc2)C1. The normalized spacial score (nSPS) is 31.3. The number of rotatable bonds is 3. The fourth-order valence-electron chi connectivity index (χ4n) is 5.69. The highest BCUT2D eigenvalue weighted by atomic mass is 32.2. The molecule has 1 saturated carbocycles. The van der Waals surface area contributed by atoms with Gasteiger partial charge < -0.3 is 4.90 Å². The van der Waals surface area contributed by atoms with Crippen molar-refractivity contribution in [3.05, 3.63) is 29.8 Å². The number of benzene rings is 1. The Morgan fingerprint density at radius 1 is 0.897 bits per heavy atom. The van der Waals surface area contributed by atoms with Crippen LogP contribution in [0.2, 0.25) is 0 Å². The molecule has 0 N–H and O–H groups in total. The number of carbonyl (C=O) groups excluding carboxylic acids is 1. The Kier molecular flexibility index (Phi) is 6.03. The van der Waals surface area contributed by atoms with Gasteiger partial charge in [-0.3, -0.25) is 4.79 Å². The first kappa shape index (κ1) is 20.9. The van der Waals surface area contributed by atoms with Gasteiger partial charge in [0.05, 0.1) is 4.90 Å². The molecule has 2 saturated heterocycles. The van der Waals surface area contributed by atoms with Crippen LogP contribution < -0.4 is 0 Å². The summed E-state index contributed by atoms with van der Waals surface area (Å²) in [5, 5.41) is 0. The summed E-state index contributed by atoms with van der Waals surface area (Å²) >= 11 is 0. The van der Waals surface area contributed by atoms with Crippen LogP contribution in [0.5, 0.6) is 0 Å². The fourth-order valence-corrected chi connectivity index (χ4v) is 7.37. The third-order valence-electron chi connectivity index (χ3n) is 7.15. The molecule has 1 aromatic carbocycles. The van der Waals surface area contributed by atoms with Gasteiger partial charge in [-0.05, 0) is 67.2 Å². The molecule has 1 amide bonds. The van der Waals surface area contributed by atoms with Crippen molar-refractivity contribution in [3.63, 3.8) is 0 Å². The monoisotopic (exact) mass is 418 g/mol. The van der Waals surface area contributed by atoms with Crippen molar-refractivity contribution < 1.29 is 13.2 Å². The van der Waals surface area contributed by atoms with Gasteiger partial charge in [0.2, 0.25) is 10.0 Å². The largest absolute Gasteiger partial charge is 0.338 e. The van der Waals surface area contributed by atoms with Crippen molar-refractivity contribution in [1.29, 1.82) is 0 Å². The summed E-state index contributed by atoms with van der Waals surface area (Å²) in [5.41, 5.74) is 0.596. The highest BCUT2D eigenvalue weighted by molar-refractivity contribution is 7.89. The fraction of sp³-hybridized carbons (Fsp3) is 0.696. The van der Waals surface area contributed by atoms with Crippen LogP contribution in [-0.2, 0) is 10.0 Å². The number of carbonyl (C=O) groups is 1. The minimum Gasteiger partial charge on any atom is -0.338 e. The molecule has 3 fully saturated rings. The number of hydrogen-bond acceptors (Lipinski definition) is 3. The molecule has 5 nitrogen and oxygen atoms in total. The molecule has 29 heavy (non-hydrogen) atoms. The molecule has 160 valence electrons. The highest BCUT2D eigenvalue weighted by Gasteiger charge is 2.34. The van der Waals surface area contributed by atoms with Crippen molar-refractivity contribution >= 4 is 15.9 Å². The van der Waals surface area contributed by atoms with Crippen molar-refractivity contribution in [1.82, 2.24) is 9.21 Å². The summed E-state index contributed by atoms with van der Waals surface area (Å²) in [4.78, 5) is 15.3. The lowest BCUT2D eigenvalue weighted by Crippen LogP contribution is -2.44. The zero-order chi connectivity index (χ0) is 20.6. The molecule has 6 heteroatoms. The Hall–Kier alpha value is -1.40. The zero-order valence-electron chi connectivity index (χ0n) is 17.7. The van der Waals surface area contributed by atoms with E-state index in [4.69, 9.17) is 0 Å². The van der Waals surface area contributed by atoms with E-state index < -0.39 is 10.0 Å². The number of hydrogen-bond donors (Lipinski definition) is 0. The van der Waals surface area contributed by atoms with Crippen LogP contribution in [0.3, 0.4) is 0 Å². The minimum absolute atomic E-state index is 0.0400. The topological polar surface area (TPSA) is 57.7 Å². The van der Waals surface area contributed by atoms with Gasteiger partial charge in [-0.25, -0.2) is 8.42 Å². The van der Waals surface area contributed by atoms with Gasteiger partial charge >= 0.3 is 0 Å². The molecule has 2 aliphatic heterocycles. The maximum atomic E-state index is 13.0. The van der Waals surface area contributed by atoms with Crippen LogP contribution >= 0.6 is 0 Å². The molecule has 0 aromatic heterocycles. The summed E-state index contributed by atoms with van der Waals surface area (Å²) in [6.45, 7) is 7.04. The van der Waals surface area contributed by atoms with Crippen LogP contribution in [0.25, 0.3) is 0 Å². The van der Waals surface area contributed by atoms with E-state index in [0.29, 0.717) is 41.3 Å². The second-order valence-corrected chi connectivity index (χ2v) is 11.6. The Morgan fingerprint density at radius 3 is 2.17 bits per heavy atom. The Morgan fingerprint density at radius 2 is 1.52 bits per heavy atom. The molecule has 0 radical (unpaired) electrons. The summed E-state index contributed by atoms with van der Waals surface area (Å²) in [6.07, 6.45) is 7.33. The van der Waals surface area contributed by atoms with Crippen LogP contribution in [-0.4, -0.2) is 49.7 Å². The maximum absolute atomic E-state index is 13.0. The maximum Gasteiger partial charge on any atom is 0.253 e. The number of fused-ring (bicyclic) bond motifs is 1. The Labute approximate surface area is 175 Å². The van der Waals surface area contributed by atoms with E-state index in [2.05, 4.69) is 13.8 Å². The first-order chi connectivity index (χ1) is 13.8. The lowest BCUT2D eigenvalue weighted by atomic mass is 9.75. The van der Waals surface area contributed by atoms with Gasteiger partial charge in [-0.15, -0.1) is 0 Å². The van der Waals surface area contributed by atoms with E-state index in [9.17, 15) is 13.2 Å². The van der Waals surface area contributed by atoms with Crippen molar-refractivity contribution in [2.45, 2.75) is 57.3 Å². The third kappa shape index (κ3) is 4.38. The second kappa shape index (κ2) is 8.38. The molecule has 3 aliphatic rings. The number of sulfonamides is 1. The smallest absolute Gasteiger partial charge is 0.253 e. The van der Waals surface area contributed by atoms with Gasteiger partial charge in [-0.2, -0.15) is 4.31 Å². The molecule has 1 aromatic rings. The summed E-state index contributed by atoms with van der Waals surface area (Å²) < 4.78 is 27.7. The number of nitrogens with zero attached hydrogens (tertiary/aromatic N) is 2. The van der Waals surface area contributed by atoms with Gasteiger partial charge in [0.15, 0.2) is 0 Å². The van der Waals surface area contributed by atoms with E-state index in [1.165, 1.54) is 25.7 Å². The molecular weight excluding hydrogens is 384 g/mol. The van der Waals surface area contributed by atoms with E-state index >= 15 is 0 Å². The molecule has 1 aliphatic carbocycles. The van der Waals surface area contributed by atoms with Crippen molar-refractivity contribution in [2.24, 2.45) is 23.7 Å². The van der Waals surface area contributed by atoms with E-state index in [0.717, 1.165) is 31.8 Å². The number of piperidine rings is 2. The lowest BCUT2D eigenvalue weighted by molar-refractivity contribution is 0.0521. The molecule has 4 rings (SSSR count). The third-order valence-corrected chi connectivity index (χ3v) is 9.00. The number of amides is 1. The van der Waals surface area contributed by atoms with E-state index in [1.807, 2.05) is 4.90 Å². The minimum atomic E-state index is -3.50. The summed E-state index contributed by atoms with van der Waals surface area (Å²) in [5.74, 6) is 2.21. The van der Waals surface area contributed by atoms with Gasteiger partial charge in [0.1, 0.15) is 0 Å². The quantitative estimate of drug-likeness (QED) is 0.745.